The van der Waals surface area contributed by atoms with Crippen LogP contribution in [0.3, 0.4) is 0 Å². The zero-order valence-corrected chi connectivity index (χ0v) is 15.2. The first kappa shape index (κ1) is 20.1. The maximum atomic E-state index is 13.2. The molecule has 1 saturated heterocycles. The average Bonchev–Trinajstić information content (AvgIpc) is 2.65. The maximum absolute atomic E-state index is 13.2. The van der Waals surface area contributed by atoms with Gasteiger partial charge in [0.2, 0.25) is 0 Å². The van der Waals surface area contributed by atoms with Crippen LogP contribution in [0.2, 0.25) is 0 Å². The van der Waals surface area contributed by atoms with Crippen molar-refractivity contribution in [1.82, 2.24) is 10.2 Å². The molecule has 1 aliphatic rings. The molecule has 26 heavy (non-hydrogen) atoms. The number of likely N-dealkylation sites (N-methyl/N-ethyl adjacent to an activating group) is 1. The fraction of sp³-hybridized carbons (Fsp3) is 0.316. The Morgan fingerprint density at radius 3 is 2.46 bits per heavy atom. The van der Waals surface area contributed by atoms with Gasteiger partial charge in [-0.2, -0.15) is 0 Å². The highest BCUT2D eigenvalue weighted by atomic mass is 35.5. The van der Waals surface area contributed by atoms with E-state index in [4.69, 9.17) is 4.74 Å². The van der Waals surface area contributed by atoms with Crippen LogP contribution in [0.5, 0.6) is 11.5 Å². The molecular weight excluding hydrogens is 362 g/mol. The number of piperidine rings is 1. The zero-order chi connectivity index (χ0) is 17.8. The number of hydrogen-bond acceptors (Lipinski definition) is 3. The summed E-state index contributed by atoms with van der Waals surface area (Å²) in [5.74, 6) is -1.25. The van der Waals surface area contributed by atoms with Gasteiger partial charge in [-0.3, -0.25) is 4.79 Å². The first-order valence-electron chi connectivity index (χ1n) is 8.26. The molecule has 3 rings (SSSR count). The minimum absolute atomic E-state index is 0. The molecule has 4 nitrogen and oxygen atoms in total. The van der Waals surface area contributed by atoms with Crippen molar-refractivity contribution in [3.05, 3.63) is 59.7 Å². The number of carbonyl (C=O) groups is 1. The van der Waals surface area contributed by atoms with Crippen LogP contribution in [0.15, 0.2) is 42.5 Å². The van der Waals surface area contributed by atoms with Gasteiger partial charge in [-0.25, -0.2) is 8.78 Å². The third kappa shape index (κ3) is 4.71. The van der Waals surface area contributed by atoms with E-state index in [-0.39, 0.29) is 24.1 Å². The molecule has 2 aromatic rings. The largest absolute Gasteiger partial charge is 0.457 e. The van der Waals surface area contributed by atoms with Gasteiger partial charge in [0.05, 0.1) is 0 Å². The molecule has 0 spiro atoms. The summed E-state index contributed by atoms with van der Waals surface area (Å²) in [7, 11) is 1.91. The molecule has 1 aliphatic heterocycles. The number of benzene rings is 2. The Morgan fingerprint density at radius 1 is 1.12 bits per heavy atom. The van der Waals surface area contributed by atoms with Crippen LogP contribution in [-0.4, -0.2) is 37.0 Å². The Bertz CT molecular complexity index is 756. The molecular formula is C19H21ClF2N2O2. The SMILES string of the molecule is CNC1CCCN(C(=O)c2ccc(Oc3ccc(F)c(F)c3)cc2)C1.Cl. The highest BCUT2D eigenvalue weighted by Gasteiger charge is 2.23. The Balaban J connectivity index is 0.00000243. The summed E-state index contributed by atoms with van der Waals surface area (Å²) in [6.07, 6.45) is 2.05. The highest BCUT2D eigenvalue weighted by molar-refractivity contribution is 5.94. The summed E-state index contributed by atoms with van der Waals surface area (Å²) in [5.41, 5.74) is 0.578. The minimum atomic E-state index is -0.964. The second kappa shape index (κ2) is 8.96. The van der Waals surface area contributed by atoms with Crippen molar-refractivity contribution >= 4 is 18.3 Å². The van der Waals surface area contributed by atoms with Gasteiger partial charge < -0.3 is 15.0 Å². The molecule has 1 amide bonds. The van der Waals surface area contributed by atoms with Crippen LogP contribution in [0.4, 0.5) is 8.78 Å². The van der Waals surface area contributed by atoms with Crippen LogP contribution in [0.25, 0.3) is 0 Å². The van der Waals surface area contributed by atoms with Crippen molar-refractivity contribution in [2.45, 2.75) is 18.9 Å². The lowest BCUT2D eigenvalue weighted by Crippen LogP contribution is -2.46. The fourth-order valence-corrected chi connectivity index (χ4v) is 2.92. The van der Waals surface area contributed by atoms with Crippen LogP contribution in [0.1, 0.15) is 23.2 Å². The Hall–Kier alpha value is -2.18. The number of halogens is 3. The van der Waals surface area contributed by atoms with Gasteiger partial charge in [0.25, 0.3) is 5.91 Å². The molecule has 1 fully saturated rings. The standard InChI is InChI=1S/C19H20F2N2O2.ClH/c1-22-14-3-2-10-23(12-14)19(24)13-4-6-15(7-5-13)25-16-8-9-17(20)18(21)11-16;/h4-9,11,14,22H,2-3,10,12H2,1H3;1H. The van der Waals surface area contributed by atoms with Crippen molar-refractivity contribution in [1.29, 1.82) is 0 Å². The van der Waals surface area contributed by atoms with E-state index in [0.29, 0.717) is 23.9 Å². The lowest BCUT2D eigenvalue weighted by Gasteiger charge is -2.32. The summed E-state index contributed by atoms with van der Waals surface area (Å²) in [6, 6.07) is 10.3. The van der Waals surface area contributed by atoms with Crippen LogP contribution < -0.4 is 10.1 Å². The molecule has 1 N–H and O–H groups in total. The van der Waals surface area contributed by atoms with E-state index in [0.717, 1.165) is 31.5 Å². The molecule has 140 valence electrons. The Kier molecular flexibility index (Phi) is 6.94. The van der Waals surface area contributed by atoms with Gasteiger partial charge in [-0.05, 0) is 56.3 Å². The number of amides is 1. The summed E-state index contributed by atoms with van der Waals surface area (Å²) in [6.45, 7) is 1.45. The molecule has 1 unspecified atom stereocenters. The van der Waals surface area contributed by atoms with Gasteiger partial charge in [-0.15, -0.1) is 12.4 Å². The molecule has 0 radical (unpaired) electrons. The number of rotatable bonds is 4. The van der Waals surface area contributed by atoms with E-state index >= 15 is 0 Å². The lowest BCUT2D eigenvalue weighted by atomic mass is 10.0. The van der Waals surface area contributed by atoms with Crippen LogP contribution in [-0.2, 0) is 0 Å². The highest BCUT2D eigenvalue weighted by Crippen LogP contribution is 2.24. The first-order valence-corrected chi connectivity index (χ1v) is 8.26. The number of ether oxygens (including phenoxy) is 1. The zero-order valence-electron chi connectivity index (χ0n) is 14.4. The molecule has 7 heteroatoms. The van der Waals surface area contributed by atoms with E-state index < -0.39 is 11.6 Å². The topological polar surface area (TPSA) is 41.6 Å². The number of hydrogen-bond donors (Lipinski definition) is 1. The average molecular weight is 383 g/mol. The van der Waals surface area contributed by atoms with Gasteiger partial charge in [0.15, 0.2) is 11.6 Å². The predicted molar refractivity (Wildman–Crippen MR) is 98.1 cm³/mol. The van der Waals surface area contributed by atoms with E-state index in [1.165, 1.54) is 6.07 Å². The second-order valence-corrected chi connectivity index (χ2v) is 6.08. The molecule has 1 atom stereocenters. The van der Waals surface area contributed by atoms with Crippen molar-refractivity contribution in [2.75, 3.05) is 20.1 Å². The third-order valence-electron chi connectivity index (χ3n) is 4.34. The van der Waals surface area contributed by atoms with Gasteiger partial charge in [0, 0.05) is 30.8 Å². The molecule has 0 aliphatic carbocycles. The van der Waals surface area contributed by atoms with E-state index in [1.54, 1.807) is 24.3 Å². The molecule has 0 bridgehead atoms. The quantitative estimate of drug-likeness (QED) is 0.868. The third-order valence-corrected chi connectivity index (χ3v) is 4.34. The number of nitrogens with zero attached hydrogens (tertiary/aromatic N) is 1. The summed E-state index contributed by atoms with van der Waals surface area (Å²) in [5, 5.41) is 3.21. The predicted octanol–water partition coefficient (Wildman–Crippen LogP) is 4.00. The molecule has 1 heterocycles. The summed E-state index contributed by atoms with van der Waals surface area (Å²) < 4.78 is 31.6. The van der Waals surface area contributed by atoms with Crippen molar-refractivity contribution in [3.63, 3.8) is 0 Å². The minimum Gasteiger partial charge on any atom is -0.457 e. The van der Waals surface area contributed by atoms with Crippen LogP contribution in [0, 0.1) is 11.6 Å². The molecule has 0 saturated carbocycles. The molecule has 2 aromatic carbocycles. The van der Waals surface area contributed by atoms with Gasteiger partial charge >= 0.3 is 0 Å². The van der Waals surface area contributed by atoms with Gasteiger partial charge in [0.1, 0.15) is 11.5 Å². The van der Waals surface area contributed by atoms with Crippen LogP contribution >= 0.6 is 12.4 Å². The number of nitrogens with one attached hydrogen (secondary N) is 1. The van der Waals surface area contributed by atoms with Crippen molar-refractivity contribution < 1.29 is 18.3 Å². The smallest absolute Gasteiger partial charge is 0.253 e. The van der Waals surface area contributed by atoms with E-state index in [9.17, 15) is 13.6 Å². The first-order chi connectivity index (χ1) is 12.1. The van der Waals surface area contributed by atoms with Crippen molar-refractivity contribution in [3.8, 4) is 11.5 Å². The fourth-order valence-electron chi connectivity index (χ4n) is 2.92. The van der Waals surface area contributed by atoms with Crippen molar-refractivity contribution in [2.24, 2.45) is 0 Å². The Labute approximate surface area is 157 Å². The second-order valence-electron chi connectivity index (χ2n) is 6.08. The lowest BCUT2D eigenvalue weighted by molar-refractivity contribution is 0.0698. The molecule has 0 aromatic heterocycles. The van der Waals surface area contributed by atoms with Gasteiger partial charge in [-0.1, -0.05) is 0 Å². The van der Waals surface area contributed by atoms with E-state index in [1.807, 2.05) is 11.9 Å². The normalized spacial score (nSPS) is 16.7. The summed E-state index contributed by atoms with van der Waals surface area (Å²) >= 11 is 0. The Morgan fingerprint density at radius 2 is 1.81 bits per heavy atom. The summed E-state index contributed by atoms with van der Waals surface area (Å²) in [4.78, 5) is 14.4. The maximum Gasteiger partial charge on any atom is 0.253 e. The van der Waals surface area contributed by atoms with E-state index in [2.05, 4.69) is 5.32 Å². The number of likely N-dealkylation sites (tertiary alicyclic amines) is 1. The monoisotopic (exact) mass is 382 g/mol. The number of carbonyl (C=O) groups excluding carboxylic acids is 1.